The molecule has 1 amide bonds. The number of nitrogens with zero attached hydrogens (tertiary/aromatic N) is 1. The number of fused-ring (bicyclic) bond motifs is 1. The Bertz CT molecular complexity index is 1310. The zero-order valence-electron chi connectivity index (χ0n) is 20.3. The second-order valence-corrected chi connectivity index (χ2v) is 11.2. The number of carbonyl (C=O) groups is 1. The molecule has 0 fully saturated rings. The summed E-state index contributed by atoms with van der Waals surface area (Å²) in [6.07, 6.45) is 4.67. The van der Waals surface area contributed by atoms with Gasteiger partial charge in [-0.3, -0.25) is 9.10 Å². The number of aryl methyl sites for hydroxylation is 4. The highest BCUT2D eigenvalue weighted by atomic mass is 32.2. The van der Waals surface area contributed by atoms with Crippen molar-refractivity contribution >= 4 is 21.6 Å². The Labute approximate surface area is 202 Å². The van der Waals surface area contributed by atoms with Crippen molar-refractivity contribution < 1.29 is 13.2 Å². The predicted octanol–water partition coefficient (Wildman–Crippen LogP) is 5.25. The normalized spacial score (nSPS) is 13.9. The molecule has 0 aromatic heterocycles. The summed E-state index contributed by atoms with van der Waals surface area (Å²) in [5, 5.41) is 3.08. The van der Waals surface area contributed by atoms with E-state index in [-0.39, 0.29) is 18.5 Å². The topological polar surface area (TPSA) is 66.5 Å². The molecule has 3 aromatic rings. The van der Waals surface area contributed by atoms with Crippen LogP contribution in [0.4, 0.5) is 5.69 Å². The summed E-state index contributed by atoms with van der Waals surface area (Å²) < 4.78 is 26.5. The molecule has 4 rings (SSSR count). The third-order valence-corrected chi connectivity index (χ3v) is 7.67. The maximum Gasteiger partial charge on any atom is 0.251 e. The summed E-state index contributed by atoms with van der Waals surface area (Å²) in [6.45, 7) is 6.05. The minimum Gasteiger partial charge on any atom is -0.346 e. The van der Waals surface area contributed by atoms with Gasteiger partial charge in [0.25, 0.3) is 5.91 Å². The fourth-order valence-corrected chi connectivity index (χ4v) is 5.46. The number of amides is 1. The first-order valence-electron chi connectivity index (χ1n) is 11.7. The number of anilines is 1. The van der Waals surface area contributed by atoms with Crippen molar-refractivity contribution in [3.63, 3.8) is 0 Å². The third-order valence-electron chi connectivity index (χ3n) is 6.55. The summed E-state index contributed by atoms with van der Waals surface area (Å²) in [7, 11) is -3.48. The number of nitrogens with one attached hydrogen (secondary N) is 1. The minimum atomic E-state index is -3.48. The quantitative estimate of drug-likeness (QED) is 0.507. The maximum atomic E-state index is 12.8. The van der Waals surface area contributed by atoms with Gasteiger partial charge in [-0.15, -0.1) is 0 Å². The van der Waals surface area contributed by atoms with Crippen molar-refractivity contribution in [2.75, 3.05) is 10.6 Å². The smallest absolute Gasteiger partial charge is 0.251 e. The van der Waals surface area contributed by atoms with Crippen LogP contribution in [0.15, 0.2) is 60.7 Å². The lowest BCUT2D eigenvalue weighted by atomic mass is 10.0. The first kappa shape index (κ1) is 24.0. The van der Waals surface area contributed by atoms with Gasteiger partial charge in [0, 0.05) is 5.56 Å². The molecule has 1 N–H and O–H groups in total. The van der Waals surface area contributed by atoms with Gasteiger partial charge in [-0.05, 0) is 91.6 Å². The molecule has 1 aliphatic rings. The highest BCUT2D eigenvalue weighted by molar-refractivity contribution is 7.92. The molecule has 0 radical (unpaired) electrons. The lowest BCUT2D eigenvalue weighted by molar-refractivity contribution is 0.0940. The van der Waals surface area contributed by atoms with Crippen molar-refractivity contribution in [3.8, 4) is 0 Å². The van der Waals surface area contributed by atoms with E-state index >= 15 is 0 Å². The van der Waals surface area contributed by atoms with Crippen LogP contribution >= 0.6 is 0 Å². The van der Waals surface area contributed by atoms with E-state index in [4.69, 9.17) is 0 Å². The predicted molar refractivity (Wildman–Crippen MR) is 138 cm³/mol. The number of benzene rings is 3. The van der Waals surface area contributed by atoms with Crippen LogP contribution in [-0.4, -0.2) is 20.6 Å². The molecule has 1 aliphatic carbocycles. The highest BCUT2D eigenvalue weighted by Crippen LogP contribution is 2.27. The molecule has 178 valence electrons. The maximum absolute atomic E-state index is 12.8. The van der Waals surface area contributed by atoms with Crippen molar-refractivity contribution in [1.82, 2.24) is 5.32 Å². The zero-order valence-corrected chi connectivity index (χ0v) is 21.1. The van der Waals surface area contributed by atoms with Crippen LogP contribution in [0.2, 0.25) is 0 Å². The Kier molecular flexibility index (Phi) is 6.80. The number of rotatable bonds is 7. The number of carbonyl (C=O) groups excluding carboxylic acids is 1. The van der Waals surface area contributed by atoms with Gasteiger partial charge in [-0.25, -0.2) is 8.42 Å². The first-order valence-corrected chi connectivity index (χ1v) is 13.5. The Hall–Kier alpha value is -3.12. The second kappa shape index (κ2) is 9.63. The Morgan fingerprint density at radius 2 is 1.68 bits per heavy atom. The molecule has 3 aromatic carbocycles. The fourth-order valence-electron chi connectivity index (χ4n) is 4.52. The van der Waals surface area contributed by atoms with Crippen molar-refractivity contribution in [2.45, 2.75) is 52.6 Å². The van der Waals surface area contributed by atoms with E-state index in [0.29, 0.717) is 11.3 Å². The molecular formula is C28H32N2O3S. The molecule has 1 unspecified atom stereocenters. The standard InChI is InChI=1S/C28H32N2O3S/c1-19-8-9-20(2)27(16-19)30(34(4,32)33)18-22-10-12-24(13-11-22)28(31)29-21(3)25-15-14-23-6-5-7-26(23)17-25/h8-17,21H,5-7,18H2,1-4H3,(H,29,31). The van der Waals surface area contributed by atoms with E-state index < -0.39 is 10.0 Å². The highest BCUT2D eigenvalue weighted by Gasteiger charge is 2.20. The molecule has 0 saturated heterocycles. The molecule has 0 saturated carbocycles. The summed E-state index contributed by atoms with van der Waals surface area (Å²) in [6, 6.07) is 19.3. The molecule has 0 heterocycles. The summed E-state index contributed by atoms with van der Waals surface area (Å²) in [4.78, 5) is 12.8. The molecular weight excluding hydrogens is 444 g/mol. The van der Waals surface area contributed by atoms with Gasteiger partial charge < -0.3 is 5.32 Å². The molecule has 0 bridgehead atoms. The minimum absolute atomic E-state index is 0.0944. The third kappa shape index (κ3) is 5.33. The van der Waals surface area contributed by atoms with Gasteiger partial charge in [-0.1, -0.05) is 42.5 Å². The zero-order chi connectivity index (χ0) is 24.5. The molecule has 6 heteroatoms. The molecule has 34 heavy (non-hydrogen) atoms. The SMILES string of the molecule is Cc1ccc(C)c(N(Cc2ccc(C(=O)NC(C)c3ccc4c(c3)CCC4)cc2)S(C)(=O)=O)c1. The van der Waals surface area contributed by atoms with Crippen LogP contribution < -0.4 is 9.62 Å². The van der Waals surface area contributed by atoms with Gasteiger partial charge in [0.1, 0.15) is 0 Å². The van der Waals surface area contributed by atoms with Gasteiger partial charge >= 0.3 is 0 Å². The van der Waals surface area contributed by atoms with Gasteiger partial charge in [0.05, 0.1) is 24.5 Å². The van der Waals surface area contributed by atoms with Crippen molar-refractivity contribution in [1.29, 1.82) is 0 Å². The molecule has 5 nitrogen and oxygen atoms in total. The molecule has 0 spiro atoms. The molecule has 1 atom stereocenters. The summed E-state index contributed by atoms with van der Waals surface area (Å²) in [5.41, 5.74) is 7.86. The van der Waals surface area contributed by atoms with Crippen LogP contribution in [0.3, 0.4) is 0 Å². The van der Waals surface area contributed by atoms with Crippen LogP contribution in [0, 0.1) is 13.8 Å². The van der Waals surface area contributed by atoms with E-state index in [1.807, 2.05) is 51.1 Å². The molecule has 0 aliphatic heterocycles. The largest absolute Gasteiger partial charge is 0.346 e. The second-order valence-electron chi connectivity index (χ2n) is 9.33. The van der Waals surface area contributed by atoms with E-state index in [0.717, 1.165) is 35.1 Å². The van der Waals surface area contributed by atoms with Crippen LogP contribution in [0.25, 0.3) is 0 Å². The average molecular weight is 477 g/mol. The van der Waals surface area contributed by atoms with E-state index in [9.17, 15) is 13.2 Å². The number of sulfonamides is 1. The Balaban J connectivity index is 1.47. The Morgan fingerprint density at radius 3 is 2.38 bits per heavy atom. The fraction of sp³-hybridized carbons (Fsp3) is 0.321. The monoisotopic (exact) mass is 476 g/mol. The summed E-state index contributed by atoms with van der Waals surface area (Å²) in [5.74, 6) is -0.144. The van der Waals surface area contributed by atoms with Gasteiger partial charge in [0.2, 0.25) is 10.0 Å². The lowest BCUT2D eigenvalue weighted by Gasteiger charge is -2.25. The van der Waals surface area contributed by atoms with Gasteiger partial charge in [-0.2, -0.15) is 0 Å². The van der Waals surface area contributed by atoms with Crippen LogP contribution in [0.1, 0.15) is 63.1 Å². The van der Waals surface area contributed by atoms with Gasteiger partial charge in [0.15, 0.2) is 0 Å². The number of hydrogen-bond acceptors (Lipinski definition) is 3. The lowest BCUT2D eigenvalue weighted by Crippen LogP contribution is -2.30. The van der Waals surface area contributed by atoms with E-state index in [1.165, 1.54) is 28.1 Å². The van der Waals surface area contributed by atoms with Crippen LogP contribution in [-0.2, 0) is 29.4 Å². The average Bonchev–Trinajstić information content (AvgIpc) is 3.27. The number of hydrogen-bond donors (Lipinski definition) is 1. The summed E-state index contributed by atoms with van der Waals surface area (Å²) >= 11 is 0. The Morgan fingerprint density at radius 1 is 0.971 bits per heavy atom. The van der Waals surface area contributed by atoms with Crippen molar-refractivity contribution in [3.05, 3.63) is 99.6 Å². The van der Waals surface area contributed by atoms with E-state index in [2.05, 4.69) is 23.5 Å². The first-order chi connectivity index (χ1) is 16.1. The van der Waals surface area contributed by atoms with Crippen molar-refractivity contribution in [2.24, 2.45) is 0 Å². The van der Waals surface area contributed by atoms with E-state index in [1.54, 1.807) is 12.1 Å². The van der Waals surface area contributed by atoms with Crippen LogP contribution in [0.5, 0.6) is 0 Å².